The fourth-order valence-corrected chi connectivity index (χ4v) is 9.50. The second-order valence-corrected chi connectivity index (χ2v) is 20.4. The van der Waals surface area contributed by atoms with Gasteiger partial charge in [-0.3, -0.25) is 32.5 Å². The zero-order valence-electron chi connectivity index (χ0n) is 34.5. The average molecular weight is 966 g/mol. The molecule has 11 N–H and O–H groups in total. The first kappa shape index (κ1) is 53.9. The summed E-state index contributed by atoms with van der Waals surface area (Å²) in [6, 6.07) is 0. The highest BCUT2D eigenvalue weighted by molar-refractivity contribution is 8.13. The molecule has 1 aliphatic rings. The molecule has 2 amide bonds. The number of aliphatic hydroxyl groups is 3. The first-order chi connectivity index (χ1) is 28.9. The van der Waals surface area contributed by atoms with E-state index in [0.29, 0.717) is 12.2 Å². The largest absolute Gasteiger partial charge is 0.481 e. The minimum atomic E-state index is -5.58. The van der Waals surface area contributed by atoms with Crippen LogP contribution in [0.1, 0.15) is 91.2 Å². The third-order valence-electron chi connectivity index (χ3n) is 9.32. The monoisotopic (exact) mass is 965 g/mol. The third-order valence-corrected chi connectivity index (χ3v) is 13.4. The van der Waals surface area contributed by atoms with Gasteiger partial charge < -0.3 is 56.0 Å². The number of nitrogen functional groups attached to an aromatic ring is 1. The zero-order chi connectivity index (χ0) is 46.3. The molecule has 62 heavy (non-hydrogen) atoms. The molecule has 0 spiro atoms. The molecular formula is C33H58N7O18P3S. The van der Waals surface area contributed by atoms with Gasteiger partial charge >= 0.3 is 23.5 Å². The lowest BCUT2D eigenvalue weighted by atomic mass is 9.87. The average Bonchev–Trinajstić information content (AvgIpc) is 3.75. The Bertz CT molecular complexity index is 1920. The van der Waals surface area contributed by atoms with Gasteiger partial charge in [-0.1, -0.05) is 64.6 Å². The molecule has 0 radical (unpaired) electrons. The lowest BCUT2D eigenvalue weighted by Crippen LogP contribution is -2.46. The van der Waals surface area contributed by atoms with Crippen molar-refractivity contribution >= 4 is 69.1 Å². The first-order valence-electron chi connectivity index (χ1n) is 19.7. The molecule has 2 aromatic rings. The summed E-state index contributed by atoms with van der Waals surface area (Å²) in [6.07, 6.45) is 0.384. The number of nitrogens with two attached hydrogens (primary N) is 1. The summed E-state index contributed by atoms with van der Waals surface area (Å²) in [5.74, 6) is -1.10. The summed E-state index contributed by atoms with van der Waals surface area (Å²) in [5.41, 5.74) is 4.26. The number of hydrogen-bond donors (Lipinski definition) is 10. The minimum Gasteiger partial charge on any atom is -0.393 e. The summed E-state index contributed by atoms with van der Waals surface area (Å²) in [7, 11) is -16.4. The summed E-state index contributed by atoms with van der Waals surface area (Å²) in [4.78, 5) is 88.0. The van der Waals surface area contributed by atoms with Crippen molar-refractivity contribution in [3.8, 4) is 0 Å². The van der Waals surface area contributed by atoms with E-state index in [4.69, 9.17) is 19.5 Å². The standard InChI is InChI=1S/C33H58N7O18P3S/c1-4-5-10-21(41)11-8-6-7-9-12-24(43)62-16-15-35-23(42)13-14-36-31(46)28(45)33(2,3)18-55-61(52,53)58-60(50,51)54-17-22-27(57-59(47,48)49)26(44)32(56-22)40-20-39-25-29(34)37-19-38-30(25)40/h19-22,26-28,32,41,44-45H,4-18H2,1-3H3,(H,35,42)(H,36,46)(H,50,51)(H,52,53)(H2,34,37,38)(H2,47,48,49). The number of ether oxygens (including phenoxy) is 1. The fraction of sp³-hybridized carbons (Fsp3) is 0.758. The molecule has 0 saturated carbocycles. The summed E-state index contributed by atoms with van der Waals surface area (Å²) in [6.45, 7) is 2.58. The summed E-state index contributed by atoms with van der Waals surface area (Å²) < 4.78 is 62.3. The molecule has 0 aromatic carbocycles. The highest BCUT2D eigenvalue weighted by atomic mass is 32.2. The van der Waals surface area contributed by atoms with Crippen LogP contribution in [-0.4, -0.2) is 134 Å². The minimum absolute atomic E-state index is 0.0131. The highest BCUT2D eigenvalue weighted by Gasteiger charge is 2.50. The molecule has 0 bridgehead atoms. The van der Waals surface area contributed by atoms with Crippen molar-refractivity contribution < 1.29 is 85.6 Å². The van der Waals surface area contributed by atoms with Gasteiger partial charge in [-0.2, -0.15) is 4.31 Å². The SMILES string of the molecule is CCCCC(O)CCCCCCC(=O)SCCNC(=O)CCNC(=O)C(O)C(C)(C)COP(=O)(O)OP(=O)(O)OCC1OC(n2cnc3c(N)ncnc32)C(O)C1OP(=O)(O)O. The van der Waals surface area contributed by atoms with E-state index < -0.39 is 84.6 Å². The van der Waals surface area contributed by atoms with Crippen LogP contribution in [-0.2, 0) is 50.7 Å². The van der Waals surface area contributed by atoms with Gasteiger partial charge in [0.2, 0.25) is 11.8 Å². The van der Waals surface area contributed by atoms with Crippen LogP contribution in [0, 0.1) is 5.41 Å². The molecule has 2 aromatic heterocycles. The maximum Gasteiger partial charge on any atom is 0.481 e. The number of rotatable bonds is 29. The molecule has 3 heterocycles. The smallest absolute Gasteiger partial charge is 0.393 e. The van der Waals surface area contributed by atoms with Crippen molar-refractivity contribution in [1.29, 1.82) is 0 Å². The Morgan fingerprint density at radius 1 is 0.952 bits per heavy atom. The van der Waals surface area contributed by atoms with Crippen LogP contribution in [0.15, 0.2) is 12.7 Å². The quantitative estimate of drug-likeness (QED) is 0.0408. The van der Waals surface area contributed by atoms with Crippen LogP contribution >= 0.6 is 35.2 Å². The number of aromatic nitrogens is 4. The Labute approximate surface area is 361 Å². The van der Waals surface area contributed by atoms with Crippen LogP contribution in [0.5, 0.6) is 0 Å². The van der Waals surface area contributed by atoms with Gasteiger partial charge in [0.25, 0.3) is 0 Å². The number of nitrogens with one attached hydrogen (secondary N) is 2. The van der Waals surface area contributed by atoms with Gasteiger partial charge in [-0.05, 0) is 19.3 Å². The Hall–Kier alpha value is -2.48. The van der Waals surface area contributed by atoms with Crippen molar-refractivity contribution in [3.63, 3.8) is 0 Å². The molecule has 8 unspecified atom stereocenters. The number of aliphatic hydroxyl groups excluding tert-OH is 3. The van der Waals surface area contributed by atoms with Gasteiger partial charge in [0.15, 0.2) is 22.8 Å². The van der Waals surface area contributed by atoms with Crippen LogP contribution in [0.25, 0.3) is 11.2 Å². The normalized spacial score (nSPS) is 21.3. The number of hydrogen-bond acceptors (Lipinski definition) is 19. The van der Waals surface area contributed by atoms with Gasteiger partial charge in [0.1, 0.15) is 36.3 Å². The van der Waals surface area contributed by atoms with Crippen molar-refractivity contribution in [2.45, 2.75) is 122 Å². The van der Waals surface area contributed by atoms with Crippen molar-refractivity contribution in [2.24, 2.45) is 5.41 Å². The van der Waals surface area contributed by atoms with E-state index >= 15 is 0 Å². The molecule has 29 heteroatoms. The molecule has 0 aliphatic carbocycles. The van der Waals surface area contributed by atoms with E-state index in [0.717, 1.165) is 80.4 Å². The van der Waals surface area contributed by atoms with Gasteiger partial charge in [0, 0.05) is 37.1 Å². The maximum absolute atomic E-state index is 12.7. The number of phosphoric ester groups is 3. The first-order valence-corrected chi connectivity index (χ1v) is 25.2. The van der Waals surface area contributed by atoms with Crippen LogP contribution in [0.4, 0.5) is 5.82 Å². The number of unbranched alkanes of at least 4 members (excludes halogenated alkanes) is 4. The van der Waals surface area contributed by atoms with E-state index in [1.165, 1.54) is 13.8 Å². The number of fused-ring (bicyclic) bond motifs is 1. The van der Waals surface area contributed by atoms with Gasteiger partial charge in [-0.25, -0.2) is 28.6 Å². The molecule has 1 aliphatic heterocycles. The second-order valence-electron chi connectivity index (χ2n) is 15.0. The molecule has 1 fully saturated rings. The fourth-order valence-electron chi connectivity index (χ4n) is 5.95. The predicted octanol–water partition coefficient (Wildman–Crippen LogP) is 1.56. The van der Waals surface area contributed by atoms with E-state index in [1.807, 2.05) is 0 Å². The maximum atomic E-state index is 12.7. The molecule has 3 rings (SSSR count). The number of amides is 2. The number of anilines is 1. The van der Waals surface area contributed by atoms with Gasteiger partial charge in [0.05, 0.1) is 25.6 Å². The number of carbonyl (C=O) groups excluding carboxylic acids is 3. The number of phosphoric acid groups is 3. The number of carbonyl (C=O) groups is 3. The molecule has 1 saturated heterocycles. The number of imidazole rings is 1. The summed E-state index contributed by atoms with van der Waals surface area (Å²) in [5, 5.41) is 36.4. The Balaban J connectivity index is 1.38. The third kappa shape index (κ3) is 18.2. The van der Waals surface area contributed by atoms with E-state index in [-0.39, 0.29) is 47.7 Å². The molecule has 354 valence electrons. The Morgan fingerprint density at radius 3 is 2.32 bits per heavy atom. The van der Waals surface area contributed by atoms with Crippen LogP contribution in [0.2, 0.25) is 0 Å². The molecular weight excluding hydrogens is 907 g/mol. The van der Waals surface area contributed by atoms with E-state index in [2.05, 4.69) is 41.3 Å². The number of nitrogens with zero attached hydrogens (tertiary/aromatic N) is 4. The predicted molar refractivity (Wildman–Crippen MR) is 220 cm³/mol. The highest BCUT2D eigenvalue weighted by Crippen LogP contribution is 2.61. The lowest BCUT2D eigenvalue weighted by molar-refractivity contribution is -0.137. The van der Waals surface area contributed by atoms with Crippen molar-refractivity contribution in [1.82, 2.24) is 30.2 Å². The Morgan fingerprint density at radius 2 is 1.63 bits per heavy atom. The zero-order valence-corrected chi connectivity index (χ0v) is 38.0. The lowest BCUT2D eigenvalue weighted by Gasteiger charge is -2.30. The van der Waals surface area contributed by atoms with Crippen LogP contribution < -0.4 is 16.4 Å². The van der Waals surface area contributed by atoms with Crippen molar-refractivity contribution in [3.05, 3.63) is 12.7 Å². The topological polar surface area (TPSA) is 384 Å². The van der Waals surface area contributed by atoms with Gasteiger partial charge in [-0.15, -0.1) is 0 Å². The van der Waals surface area contributed by atoms with Crippen molar-refractivity contribution in [2.75, 3.05) is 37.8 Å². The second kappa shape index (κ2) is 24.7. The molecule has 25 nitrogen and oxygen atoms in total. The number of thioether (sulfide) groups is 1. The Kier molecular flexibility index (Phi) is 21.5. The molecule has 8 atom stereocenters. The van der Waals surface area contributed by atoms with Crippen LogP contribution in [0.3, 0.4) is 0 Å². The van der Waals surface area contributed by atoms with E-state index in [9.17, 15) is 63.0 Å². The summed E-state index contributed by atoms with van der Waals surface area (Å²) >= 11 is 1.11. The van der Waals surface area contributed by atoms with E-state index in [1.54, 1.807) is 0 Å².